The fourth-order valence-electron chi connectivity index (χ4n) is 5.22. The van der Waals surface area contributed by atoms with E-state index in [4.69, 9.17) is 4.74 Å². The first kappa shape index (κ1) is 21.3. The van der Waals surface area contributed by atoms with Crippen LogP contribution in [0.15, 0.2) is 24.3 Å². The van der Waals surface area contributed by atoms with Crippen LogP contribution in [-0.4, -0.2) is 6.61 Å². The lowest BCUT2D eigenvalue weighted by Gasteiger charge is -2.37. The normalized spacial score (nSPS) is 27.6. The van der Waals surface area contributed by atoms with Crippen LogP contribution in [0.3, 0.4) is 0 Å². The van der Waals surface area contributed by atoms with Crippen LogP contribution in [0.25, 0.3) is 0 Å². The molecule has 0 bridgehead atoms. The van der Waals surface area contributed by atoms with E-state index in [0.29, 0.717) is 5.92 Å². The van der Waals surface area contributed by atoms with Gasteiger partial charge in [-0.2, -0.15) is 0 Å². The van der Waals surface area contributed by atoms with Crippen molar-refractivity contribution in [1.82, 2.24) is 0 Å². The minimum atomic E-state index is 0.605. The average molecular weight is 381 g/mol. The molecule has 154 valence electrons. The van der Waals surface area contributed by atoms with Gasteiger partial charge in [0.15, 0.2) is 0 Å². The third kappa shape index (κ3) is 6.58. The average Bonchev–Trinajstić information content (AvgIpc) is 2.76. The molecule has 1 heteroatoms. The van der Waals surface area contributed by atoms with Crippen LogP contribution >= 0.6 is 0 Å². The van der Waals surface area contributed by atoms with Crippen LogP contribution in [-0.2, 0) is 0 Å². The van der Waals surface area contributed by atoms with E-state index < -0.39 is 0 Å². The molecule has 2 fully saturated rings. The van der Waals surface area contributed by atoms with Gasteiger partial charge >= 0.3 is 0 Å². The van der Waals surface area contributed by atoms with Gasteiger partial charge in [0, 0.05) is 11.5 Å². The van der Waals surface area contributed by atoms with Gasteiger partial charge in [-0.05, 0) is 87.0 Å². The standard InChI is InChI=1S/C27H40O/c1-3-5-6-22-9-15-25(16-10-22)26-17-11-23(12-18-26)7-8-24-13-19-27(20-14-24)28-21-4-2/h13-14,19-20,22-23,25-26H,3-6,9-12,15-18,21H2,1-2H3. The summed E-state index contributed by atoms with van der Waals surface area (Å²) in [5, 5.41) is 0. The van der Waals surface area contributed by atoms with Crippen LogP contribution in [0.2, 0.25) is 0 Å². The number of hydrogen-bond acceptors (Lipinski definition) is 1. The molecule has 1 nitrogen and oxygen atoms in total. The topological polar surface area (TPSA) is 9.23 Å². The van der Waals surface area contributed by atoms with E-state index in [1.807, 2.05) is 12.1 Å². The fourth-order valence-corrected chi connectivity index (χ4v) is 5.22. The molecular formula is C27H40O. The number of hydrogen-bond donors (Lipinski definition) is 0. The van der Waals surface area contributed by atoms with Crippen molar-refractivity contribution >= 4 is 0 Å². The van der Waals surface area contributed by atoms with Gasteiger partial charge in [-0.1, -0.05) is 57.8 Å². The van der Waals surface area contributed by atoms with Crippen LogP contribution in [0.5, 0.6) is 5.75 Å². The quantitative estimate of drug-likeness (QED) is 0.442. The minimum absolute atomic E-state index is 0.605. The molecule has 2 aliphatic rings. The number of rotatable bonds is 7. The summed E-state index contributed by atoms with van der Waals surface area (Å²) in [6.07, 6.45) is 16.8. The van der Waals surface area contributed by atoms with Gasteiger partial charge in [0.05, 0.1) is 6.61 Å². The molecule has 0 amide bonds. The van der Waals surface area contributed by atoms with E-state index in [0.717, 1.165) is 42.1 Å². The maximum atomic E-state index is 5.65. The third-order valence-corrected chi connectivity index (χ3v) is 7.04. The first-order valence-electron chi connectivity index (χ1n) is 12.0. The smallest absolute Gasteiger partial charge is 0.119 e. The summed E-state index contributed by atoms with van der Waals surface area (Å²) in [5.41, 5.74) is 1.12. The summed E-state index contributed by atoms with van der Waals surface area (Å²) < 4.78 is 5.65. The Bertz CT molecular complexity index is 604. The van der Waals surface area contributed by atoms with Crippen molar-refractivity contribution in [3.63, 3.8) is 0 Å². The molecule has 0 aliphatic heterocycles. The van der Waals surface area contributed by atoms with E-state index >= 15 is 0 Å². The Hall–Kier alpha value is -1.42. The zero-order valence-corrected chi connectivity index (χ0v) is 18.2. The van der Waals surface area contributed by atoms with Crippen LogP contribution in [0.4, 0.5) is 0 Å². The van der Waals surface area contributed by atoms with Gasteiger partial charge in [-0.3, -0.25) is 0 Å². The SMILES string of the molecule is CCCCC1CCC(C2CCC(C#Cc3ccc(OCCC)cc3)CC2)CC1. The van der Waals surface area contributed by atoms with Crippen molar-refractivity contribution in [1.29, 1.82) is 0 Å². The zero-order chi connectivity index (χ0) is 19.6. The molecule has 0 aromatic heterocycles. The fraction of sp³-hybridized carbons (Fsp3) is 0.704. The Morgan fingerprint density at radius 2 is 1.46 bits per heavy atom. The number of unbranched alkanes of at least 4 members (excludes halogenated alkanes) is 1. The van der Waals surface area contributed by atoms with E-state index in [1.54, 1.807) is 0 Å². The van der Waals surface area contributed by atoms with Crippen molar-refractivity contribution in [3.05, 3.63) is 29.8 Å². The Kier molecular flexibility index (Phi) is 8.78. The highest BCUT2D eigenvalue weighted by atomic mass is 16.5. The van der Waals surface area contributed by atoms with E-state index in [-0.39, 0.29) is 0 Å². The molecule has 2 saturated carbocycles. The zero-order valence-electron chi connectivity index (χ0n) is 18.2. The van der Waals surface area contributed by atoms with Crippen LogP contribution in [0, 0.1) is 35.5 Å². The summed E-state index contributed by atoms with van der Waals surface area (Å²) >= 11 is 0. The summed E-state index contributed by atoms with van der Waals surface area (Å²) in [6, 6.07) is 8.29. The Morgan fingerprint density at radius 3 is 2.07 bits per heavy atom. The number of benzene rings is 1. The monoisotopic (exact) mass is 380 g/mol. The first-order valence-corrected chi connectivity index (χ1v) is 12.0. The highest BCUT2D eigenvalue weighted by Crippen LogP contribution is 2.42. The molecule has 0 heterocycles. The predicted molar refractivity (Wildman–Crippen MR) is 120 cm³/mol. The third-order valence-electron chi connectivity index (χ3n) is 7.04. The van der Waals surface area contributed by atoms with E-state index in [1.165, 1.54) is 70.6 Å². The molecule has 0 unspecified atom stereocenters. The largest absolute Gasteiger partial charge is 0.494 e. The van der Waals surface area contributed by atoms with E-state index in [2.05, 4.69) is 37.8 Å². The molecule has 0 saturated heterocycles. The maximum Gasteiger partial charge on any atom is 0.119 e. The lowest BCUT2D eigenvalue weighted by molar-refractivity contribution is 0.153. The highest BCUT2D eigenvalue weighted by molar-refractivity contribution is 5.38. The van der Waals surface area contributed by atoms with Crippen LogP contribution < -0.4 is 4.74 Å². The summed E-state index contributed by atoms with van der Waals surface area (Å²) in [6.45, 7) is 5.24. The van der Waals surface area contributed by atoms with Crippen molar-refractivity contribution in [3.8, 4) is 17.6 Å². The van der Waals surface area contributed by atoms with Crippen molar-refractivity contribution in [2.45, 2.75) is 90.9 Å². The Labute approximate surface area is 173 Å². The van der Waals surface area contributed by atoms with Gasteiger partial charge < -0.3 is 4.74 Å². The molecule has 1 aromatic carbocycles. The Balaban J connectivity index is 1.39. The molecule has 28 heavy (non-hydrogen) atoms. The van der Waals surface area contributed by atoms with Gasteiger partial charge in [0.2, 0.25) is 0 Å². The lowest BCUT2D eigenvalue weighted by Crippen LogP contribution is -2.25. The molecule has 0 spiro atoms. The second kappa shape index (κ2) is 11.5. The Morgan fingerprint density at radius 1 is 0.821 bits per heavy atom. The molecule has 1 aromatic rings. The van der Waals surface area contributed by atoms with Crippen molar-refractivity contribution in [2.24, 2.45) is 23.7 Å². The molecular weight excluding hydrogens is 340 g/mol. The van der Waals surface area contributed by atoms with Gasteiger partial charge in [0.1, 0.15) is 5.75 Å². The summed E-state index contributed by atoms with van der Waals surface area (Å²) in [7, 11) is 0. The van der Waals surface area contributed by atoms with E-state index in [9.17, 15) is 0 Å². The highest BCUT2D eigenvalue weighted by Gasteiger charge is 2.30. The second-order valence-corrected chi connectivity index (χ2v) is 9.18. The van der Waals surface area contributed by atoms with Crippen molar-refractivity contribution in [2.75, 3.05) is 6.61 Å². The van der Waals surface area contributed by atoms with Gasteiger partial charge in [-0.25, -0.2) is 0 Å². The van der Waals surface area contributed by atoms with Crippen LogP contribution in [0.1, 0.15) is 96.5 Å². The van der Waals surface area contributed by atoms with Crippen molar-refractivity contribution < 1.29 is 4.74 Å². The second-order valence-electron chi connectivity index (χ2n) is 9.18. The molecule has 0 atom stereocenters. The minimum Gasteiger partial charge on any atom is -0.494 e. The number of ether oxygens (including phenoxy) is 1. The first-order chi connectivity index (χ1) is 13.8. The molecule has 0 N–H and O–H groups in total. The van der Waals surface area contributed by atoms with Gasteiger partial charge in [0.25, 0.3) is 0 Å². The molecule has 3 rings (SSSR count). The summed E-state index contributed by atoms with van der Waals surface area (Å²) in [4.78, 5) is 0. The molecule has 2 aliphatic carbocycles. The summed E-state index contributed by atoms with van der Waals surface area (Å²) in [5.74, 6) is 11.6. The molecule has 0 radical (unpaired) electrons. The van der Waals surface area contributed by atoms with Gasteiger partial charge in [-0.15, -0.1) is 0 Å². The lowest BCUT2D eigenvalue weighted by atomic mass is 9.69. The maximum absolute atomic E-state index is 5.65. The predicted octanol–water partition coefficient (Wildman–Crippen LogP) is 7.63.